The van der Waals surface area contributed by atoms with Crippen LogP contribution in [-0.2, 0) is 16.1 Å². The fourth-order valence-electron chi connectivity index (χ4n) is 4.73. The summed E-state index contributed by atoms with van der Waals surface area (Å²) in [4.78, 5) is 46.1. The Kier molecular flexibility index (Phi) is 19.9. The number of nitrogens with one attached hydrogen (secondary N) is 2. The standard InChI is InChI=1S/C31H52N4O6/c1-2-3-4-5-6-7-8-9-10-11-12-13-14-15-16-17-22-33-30(38)25-18-19-26(28(23-25)35(40)41)24-34-31(39)27(32)20-21-29(36)37/h18-19,23,27H,2-17,20-22,24,32H2,1H3,(H,33,38)(H,34,39)(H,36,37)/t27-/m0/s1. The zero-order chi connectivity index (χ0) is 30.3. The van der Waals surface area contributed by atoms with Gasteiger partial charge in [-0.05, 0) is 25.0 Å². The minimum Gasteiger partial charge on any atom is -0.481 e. The van der Waals surface area contributed by atoms with Gasteiger partial charge in [0, 0.05) is 36.7 Å². The summed E-state index contributed by atoms with van der Waals surface area (Å²) in [5, 5.41) is 25.6. The van der Waals surface area contributed by atoms with Gasteiger partial charge in [0.15, 0.2) is 0 Å². The molecule has 232 valence electrons. The second kappa shape index (κ2) is 22.7. The number of benzene rings is 1. The van der Waals surface area contributed by atoms with Crippen LogP contribution >= 0.6 is 0 Å². The summed E-state index contributed by atoms with van der Waals surface area (Å²) in [6.45, 7) is 2.61. The number of nitro benzene ring substituents is 1. The third-order valence-corrected chi connectivity index (χ3v) is 7.32. The summed E-state index contributed by atoms with van der Waals surface area (Å²) in [6, 6.07) is 3.10. The lowest BCUT2D eigenvalue weighted by atomic mass is 10.0. The molecule has 0 heterocycles. The predicted octanol–water partition coefficient (Wildman–Crippen LogP) is 6.39. The lowest BCUT2D eigenvalue weighted by Gasteiger charge is -2.12. The van der Waals surface area contributed by atoms with Crippen LogP contribution < -0.4 is 16.4 Å². The molecule has 1 aromatic carbocycles. The number of nitrogens with zero attached hydrogens (tertiary/aromatic N) is 1. The first-order valence-corrected chi connectivity index (χ1v) is 15.6. The second-order valence-corrected chi connectivity index (χ2v) is 10.9. The number of carboxylic acids is 1. The molecular weight excluding hydrogens is 524 g/mol. The highest BCUT2D eigenvalue weighted by molar-refractivity contribution is 5.95. The number of amides is 2. The van der Waals surface area contributed by atoms with Crippen LogP contribution in [0.4, 0.5) is 5.69 Å². The second-order valence-electron chi connectivity index (χ2n) is 10.9. The minimum atomic E-state index is -1.06. The van der Waals surface area contributed by atoms with Gasteiger partial charge < -0.3 is 21.5 Å². The van der Waals surface area contributed by atoms with E-state index in [1.54, 1.807) is 0 Å². The lowest BCUT2D eigenvalue weighted by molar-refractivity contribution is -0.385. The maximum atomic E-state index is 12.5. The Morgan fingerprint density at radius 3 is 1.85 bits per heavy atom. The van der Waals surface area contributed by atoms with E-state index in [-0.39, 0.29) is 42.1 Å². The molecular formula is C31H52N4O6. The molecule has 5 N–H and O–H groups in total. The van der Waals surface area contributed by atoms with Crippen molar-refractivity contribution in [3.05, 3.63) is 39.4 Å². The highest BCUT2D eigenvalue weighted by atomic mass is 16.6. The Morgan fingerprint density at radius 1 is 0.854 bits per heavy atom. The largest absolute Gasteiger partial charge is 0.481 e. The number of unbranched alkanes of at least 4 members (excludes halogenated alkanes) is 15. The van der Waals surface area contributed by atoms with Gasteiger partial charge in [-0.25, -0.2) is 0 Å². The predicted molar refractivity (Wildman–Crippen MR) is 162 cm³/mol. The van der Waals surface area contributed by atoms with E-state index in [9.17, 15) is 24.5 Å². The summed E-state index contributed by atoms with van der Waals surface area (Å²) >= 11 is 0. The molecule has 2 amide bonds. The van der Waals surface area contributed by atoms with E-state index < -0.39 is 22.8 Å². The molecule has 1 atom stereocenters. The van der Waals surface area contributed by atoms with Gasteiger partial charge in [-0.2, -0.15) is 0 Å². The lowest BCUT2D eigenvalue weighted by Crippen LogP contribution is -2.40. The third kappa shape index (κ3) is 17.4. The van der Waals surface area contributed by atoms with Crippen molar-refractivity contribution in [3.63, 3.8) is 0 Å². The average Bonchev–Trinajstić information content (AvgIpc) is 2.95. The van der Waals surface area contributed by atoms with Gasteiger partial charge in [0.1, 0.15) is 0 Å². The highest BCUT2D eigenvalue weighted by Crippen LogP contribution is 2.21. The summed E-state index contributed by atoms with van der Waals surface area (Å²) in [6.07, 6.45) is 20.2. The number of hydrogen-bond donors (Lipinski definition) is 4. The van der Waals surface area contributed by atoms with Gasteiger partial charge >= 0.3 is 5.97 Å². The average molecular weight is 577 g/mol. The number of carboxylic acid groups (broad SMARTS) is 1. The van der Waals surface area contributed by atoms with Crippen LogP contribution in [0.5, 0.6) is 0 Å². The molecule has 0 aliphatic rings. The molecule has 0 fully saturated rings. The minimum absolute atomic E-state index is 0.0399. The Hall–Kier alpha value is -3.01. The molecule has 0 aliphatic heterocycles. The van der Waals surface area contributed by atoms with Crippen LogP contribution in [0, 0.1) is 10.1 Å². The molecule has 0 radical (unpaired) electrons. The van der Waals surface area contributed by atoms with Gasteiger partial charge in [-0.15, -0.1) is 0 Å². The first-order chi connectivity index (χ1) is 19.8. The molecule has 1 rings (SSSR count). The normalized spacial score (nSPS) is 11.7. The third-order valence-electron chi connectivity index (χ3n) is 7.32. The van der Waals surface area contributed by atoms with Gasteiger partial charge in [0.05, 0.1) is 11.0 Å². The first-order valence-electron chi connectivity index (χ1n) is 15.6. The summed E-state index contributed by atoms with van der Waals surface area (Å²) in [7, 11) is 0. The number of aliphatic carboxylic acids is 1. The number of carbonyl (C=O) groups excluding carboxylic acids is 2. The van der Waals surface area contributed by atoms with Crippen molar-refractivity contribution < 1.29 is 24.4 Å². The SMILES string of the molecule is CCCCCCCCCCCCCCCCCCNC(=O)c1ccc(CNC(=O)[C@@H](N)CCC(=O)O)c([N+](=O)[O-])c1. The van der Waals surface area contributed by atoms with Crippen molar-refractivity contribution in [1.82, 2.24) is 10.6 Å². The van der Waals surface area contributed by atoms with E-state index in [1.807, 2.05) is 0 Å². The van der Waals surface area contributed by atoms with E-state index in [2.05, 4.69) is 17.6 Å². The Balaban J connectivity index is 2.20. The monoisotopic (exact) mass is 576 g/mol. The fraction of sp³-hybridized carbons (Fsp3) is 0.710. The van der Waals surface area contributed by atoms with Crippen molar-refractivity contribution in [1.29, 1.82) is 0 Å². The Morgan fingerprint density at radius 2 is 1.37 bits per heavy atom. The summed E-state index contributed by atoms with van der Waals surface area (Å²) in [5.74, 6) is -2.03. The molecule has 10 nitrogen and oxygen atoms in total. The highest BCUT2D eigenvalue weighted by Gasteiger charge is 2.20. The van der Waals surface area contributed by atoms with Gasteiger partial charge in [-0.1, -0.05) is 103 Å². The van der Waals surface area contributed by atoms with Crippen LogP contribution in [0.1, 0.15) is 138 Å². The maximum absolute atomic E-state index is 12.5. The summed E-state index contributed by atoms with van der Waals surface area (Å²) < 4.78 is 0. The quantitative estimate of drug-likeness (QED) is 0.0594. The number of nitrogens with two attached hydrogens (primary N) is 1. The molecule has 41 heavy (non-hydrogen) atoms. The molecule has 0 unspecified atom stereocenters. The zero-order valence-corrected chi connectivity index (χ0v) is 25.0. The van der Waals surface area contributed by atoms with E-state index in [0.29, 0.717) is 6.54 Å². The molecule has 0 bridgehead atoms. The number of nitro groups is 1. The molecule has 0 aliphatic carbocycles. The maximum Gasteiger partial charge on any atom is 0.303 e. The van der Waals surface area contributed by atoms with Gasteiger partial charge in [0.25, 0.3) is 11.6 Å². The van der Waals surface area contributed by atoms with Crippen molar-refractivity contribution in [2.45, 2.75) is 135 Å². The fourth-order valence-corrected chi connectivity index (χ4v) is 4.73. The number of hydrogen-bond acceptors (Lipinski definition) is 6. The van der Waals surface area contributed by atoms with Crippen LogP contribution in [0.15, 0.2) is 18.2 Å². The van der Waals surface area contributed by atoms with E-state index in [0.717, 1.165) is 19.3 Å². The van der Waals surface area contributed by atoms with E-state index in [1.165, 1.54) is 102 Å². The van der Waals surface area contributed by atoms with Gasteiger partial charge in [0.2, 0.25) is 5.91 Å². The summed E-state index contributed by atoms with van der Waals surface area (Å²) in [5.41, 5.74) is 5.79. The van der Waals surface area contributed by atoms with E-state index in [4.69, 9.17) is 10.8 Å². The van der Waals surface area contributed by atoms with E-state index >= 15 is 0 Å². The smallest absolute Gasteiger partial charge is 0.303 e. The molecule has 0 saturated heterocycles. The van der Waals surface area contributed by atoms with Crippen molar-refractivity contribution in [2.75, 3.05) is 6.54 Å². The zero-order valence-electron chi connectivity index (χ0n) is 25.0. The van der Waals surface area contributed by atoms with Crippen LogP contribution in [-0.4, -0.2) is 40.4 Å². The molecule has 0 spiro atoms. The van der Waals surface area contributed by atoms with Crippen LogP contribution in [0.3, 0.4) is 0 Å². The Bertz CT molecular complexity index is 924. The Labute approximate surface area is 245 Å². The van der Waals surface area contributed by atoms with Crippen molar-refractivity contribution in [3.8, 4) is 0 Å². The molecule has 0 aromatic heterocycles. The molecule has 1 aromatic rings. The number of rotatable bonds is 25. The first kappa shape index (κ1) is 36.0. The number of carbonyl (C=O) groups is 3. The van der Waals surface area contributed by atoms with Crippen molar-refractivity contribution in [2.24, 2.45) is 5.73 Å². The van der Waals surface area contributed by atoms with Crippen molar-refractivity contribution >= 4 is 23.5 Å². The molecule has 0 saturated carbocycles. The van der Waals surface area contributed by atoms with Gasteiger partial charge in [-0.3, -0.25) is 24.5 Å². The topological polar surface area (TPSA) is 165 Å². The van der Waals surface area contributed by atoms with Crippen LogP contribution in [0.25, 0.3) is 0 Å². The van der Waals surface area contributed by atoms with Crippen LogP contribution in [0.2, 0.25) is 0 Å². The molecule has 10 heteroatoms.